The lowest BCUT2D eigenvalue weighted by molar-refractivity contribution is -0.192. The quantitative estimate of drug-likeness (QED) is 0.798. The number of amides is 1. The number of nitrogens with zero attached hydrogens (tertiary/aromatic N) is 4. The lowest BCUT2D eigenvalue weighted by Gasteiger charge is -2.36. The topological polar surface area (TPSA) is 95.9 Å². The number of hydrogen-bond acceptors (Lipinski definition) is 6. The second kappa shape index (κ2) is 9.67. The summed E-state index contributed by atoms with van der Waals surface area (Å²) in [7, 11) is 0. The van der Waals surface area contributed by atoms with Gasteiger partial charge in [0, 0.05) is 38.6 Å². The molecule has 2 aliphatic rings. The number of carboxylic acids is 1. The van der Waals surface area contributed by atoms with Crippen molar-refractivity contribution >= 4 is 17.7 Å². The molecule has 0 saturated carbocycles. The first-order valence-corrected chi connectivity index (χ1v) is 8.89. The second-order valence-corrected chi connectivity index (χ2v) is 6.49. The summed E-state index contributed by atoms with van der Waals surface area (Å²) in [6, 6.07) is 0. The van der Waals surface area contributed by atoms with Gasteiger partial charge < -0.3 is 19.6 Å². The van der Waals surface area contributed by atoms with Crippen LogP contribution in [0.2, 0.25) is 0 Å². The standard InChI is InChI=1S/C15H22N4O2.C2HF3O2/c1-12-14(17-5-4-16-12)19-6-2-3-13(11-19)15(20)18-7-9-21-10-8-18;3-2(4,5)1(6)7/h4-5,13H,2-3,6-11H2,1H3;(H,6,7). The molecule has 8 nitrogen and oxygen atoms in total. The van der Waals surface area contributed by atoms with Crippen molar-refractivity contribution in [3.8, 4) is 0 Å². The van der Waals surface area contributed by atoms with Gasteiger partial charge in [0.05, 0.1) is 24.8 Å². The first-order valence-electron chi connectivity index (χ1n) is 8.89. The van der Waals surface area contributed by atoms with Gasteiger partial charge in [-0.3, -0.25) is 9.78 Å². The van der Waals surface area contributed by atoms with E-state index in [1.165, 1.54) is 0 Å². The van der Waals surface area contributed by atoms with Crippen LogP contribution >= 0.6 is 0 Å². The first-order chi connectivity index (χ1) is 13.2. The van der Waals surface area contributed by atoms with Crippen LogP contribution in [0.25, 0.3) is 0 Å². The molecule has 11 heteroatoms. The molecular weight excluding hydrogens is 381 g/mol. The van der Waals surface area contributed by atoms with Crippen LogP contribution in [-0.4, -0.2) is 77.4 Å². The van der Waals surface area contributed by atoms with Crippen LogP contribution in [0.4, 0.5) is 19.0 Å². The minimum atomic E-state index is -5.08. The molecule has 2 aliphatic heterocycles. The van der Waals surface area contributed by atoms with E-state index in [9.17, 15) is 18.0 Å². The molecule has 1 amide bonds. The zero-order valence-electron chi connectivity index (χ0n) is 15.5. The molecule has 0 spiro atoms. The van der Waals surface area contributed by atoms with Crippen molar-refractivity contribution in [2.24, 2.45) is 5.92 Å². The van der Waals surface area contributed by atoms with Crippen LogP contribution in [0.5, 0.6) is 0 Å². The van der Waals surface area contributed by atoms with Gasteiger partial charge in [-0.15, -0.1) is 0 Å². The maximum absolute atomic E-state index is 12.6. The van der Waals surface area contributed by atoms with Gasteiger partial charge in [0.25, 0.3) is 0 Å². The highest BCUT2D eigenvalue weighted by Crippen LogP contribution is 2.24. The molecule has 156 valence electrons. The maximum atomic E-state index is 12.6. The Morgan fingerprint density at radius 2 is 1.79 bits per heavy atom. The Bertz CT molecular complexity index is 681. The summed E-state index contributed by atoms with van der Waals surface area (Å²) in [6.07, 6.45) is 0.331. The number of aromatic nitrogens is 2. The van der Waals surface area contributed by atoms with Crippen LogP contribution in [0.3, 0.4) is 0 Å². The fourth-order valence-corrected chi connectivity index (χ4v) is 3.12. The normalized spacial score (nSPS) is 20.2. The average molecular weight is 404 g/mol. The number of carbonyl (C=O) groups excluding carboxylic acids is 1. The molecule has 0 bridgehead atoms. The fraction of sp³-hybridized carbons (Fsp3) is 0.647. The number of carbonyl (C=O) groups is 2. The van der Waals surface area contributed by atoms with Crippen LogP contribution in [0.15, 0.2) is 12.4 Å². The molecule has 1 atom stereocenters. The molecule has 1 unspecified atom stereocenters. The third kappa shape index (κ3) is 6.04. The van der Waals surface area contributed by atoms with E-state index in [4.69, 9.17) is 14.6 Å². The van der Waals surface area contributed by atoms with Crippen molar-refractivity contribution < 1.29 is 32.6 Å². The summed E-state index contributed by atoms with van der Waals surface area (Å²) in [5.41, 5.74) is 0.928. The Labute approximate surface area is 160 Å². The third-order valence-electron chi connectivity index (χ3n) is 4.49. The number of alkyl halides is 3. The van der Waals surface area contributed by atoms with Gasteiger partial charge in [-0.05, 0) is 19.8 Å². The minimum absolute atomic E-state index is 0.0678. The number of carboxylic acid groups (broad SMARTS) is 1. The smallest absolute Gasteiger partial charge is 0.475 e. The summed E-state index contributed by atoms with van der Waals surface area (Å²) in [4.78, 5) is 34.4. The Morgan fingerprint density at radius 1 is 1.18 bits per heavy atom. The van der Waals surface area contributed by atoms with E-state index >= 15 is 0 Å². The first kappa shape index (κ1) is 21.9. The van der Waals surface area contributed by atoms with Crippen molar-refractivity contribution in [1.29, 1.82) is 0 Å². The lowest BCUT2D eigenvalue weighted by Crippen LogP contribution is -2.48. The van der Waals surface area contributed by atoms with Gasteiger partial charge in [-0.1, -0.05) is 0 Å². The monoisotopic (exact) mass is 404 g/mol. The van der Waals surface area contributed by atoms with E-state index in [-0.39, 0.29) is 11.8 Å². The molecule has 1 aromatic heterocycles. The number of anilines is 1. The molecule has 2 saturated heterocycles. The number of morpholine rings is 1. The lowest BCUT2D eigenvalue weighted by atomic mass is 9.96. The van der Waals surface area contributed by atoms with Gasteiger partial charge in [0.1, 0.15) is 5.82 Å². The molecule has 0 aliphatic carbocycles. The van der Waals surface area contributed by atoms with E-state index < -0.39 is 12.1 Å². The van der Waals surface area contributed by atoms with Crippen molar-refractivity contribution in [1.82, 2.24) is 14.9 Å². The van der Waals surface area contributed by atoms with E-state index in [1.807, 2.05) is 11.8 Å². The van der Waals surface area contributed by atoms with Gasteiger partial charge in [0.2, 0.25) is 5.91 Å². The van der Waals surface area contributed by atoms with Crippen molar-refractivity contribution in [3.05, 3.63) is 18.1 Å². The number of aryl methyl sites for hydroxylation is 1. The van der Waals surface area contributed by atoms with Crippen LogP contribution in [0.1, 0.15) is 18.5 Å². The van der Waals surface area contributed by atoms with Crippen molar-refractivity contribution in [2.75, 3.05) is 44.3 Å². The van der Waals surface area contributed by atoms with Gasteiger partial charge >= 0.3 is 12.1 Å². The predicted molar refractivity (Wildman–Crippen MR) is 92.8 cm³/mol. The summed E-state index contributed by atoms with van der Waals surface area (Å²) in [5, 5.41) is 7.12. The van der Waals surface area contributed by atoms with Crippen molar-refractivity contribution in [3.63, 3.8) is 0 Å². The molecule has 1 N–H and O–H groups in total. The zero-order chi connectivity index (χ0) is 20.7. The molecule has 3 rings (SSSR count). The van der Waals surface area contributed by atoms with E-state index in [1.54, 1.807) is 12.4 Å². The largest absolute Gasteiger partial charge is 0.490 e. The average Bonchev–Trinajstić information content (AvgIpc) is 2.68. The van der Waals surface area contributed by atoms with E-state index in [2.05, 4.69) is 14.9 Å². The SMILES string of the molecule is Cc1nccnc1N1CCCC(C(=O)N2CCOCC2)C1.O=C(O)C(F)(F)F. The molecule has 0 aromatic carbocycles. The number of ether oxygens (including phenoxy) is 1. The second-order valence-electron chi connectivity index (χ2n) is 6.49. The zero-order valence-corrected chi connectivity index (χ0v) is 15.5. The number of halogens is 3. The number of aliphatic carboxylic acids is 1. The third-order valence-corrected chi connectivity index (χ3v) is 4.49. The number of hydrogen-bond donors (Lipinski definition) is 1. The minimum Gasteiger partial charge on any atom is -0.475 e. The summed E-state index contributed by atoms with van der Waals surface area (Å²) in [6.45, 7) is 6.42. The Morgan fingerprint density at radius 3 is 2.36 bits per heavy atom. The number of piperidine rings is 1. The van der Waals surface area contributed by atoms with Gasteiger partial charge in [-0.25, -0.2) is 9.78 Å². The molecular formula is C17H23F3N4O4. The number of rotatable bonds is 2. The molecule has 3 heterocycles. The van der Waals surface area contributed by atoms with Crippen LogP contribution < -0.4 is 4.90 Å². The molecule has 0 radical (unpaired) electrons. The molecule has 2 fully saturated rings. The Kier molecular flexibility index (Phi) is 7.55. The summed E-state index contributed by atoms with van der Waals surface area (Å²) >= 11 is 0. The molecule has 28 heavy (non-hydrogen) atoms. The molecule has 1 aromatic rings. The Balaban J connectivity index is 0.000000345. The summed E-state index contributed by atoms with van der Waals surface area (Å²) < 4.78 is 37.1. The predicted octanol–water partition coefficient (Wildman–Crippen LogP) is 1.49. The maximum Gasteiger partial charge on any atom is 0.490 e. The highest BCUT2D eigenvalue weighted by molar-refractivity contribution is 5.80. The van der Waals surface area contributed by atoms with E-state index in [0.29, 0.717) is 13.2 Å². The Hall–Kier alpha value is -2.43. The van der Waals surface area contributed by atoms with Gasteiger partial charge in [0.15, 0.2) is 0 Å². The highest BCUT2D eigenvalue weighted by atomic mass is 19.4. The van der Waals surface area contributed by atoms with Crippen molar-refractivity contribution in [2.45, 2.75) is 25.9 Å². The van der Waals surface area contributed by atoms with E-state index in [0.717, 1.165) is 50.5 Å². The summed E-state index contributed by atoms with van der Waals surface area (Å²) in [5.74, 6) is -1.51. The fourth-order valence-electron chi connectivity index (χ4n) is 3.12. The van der Waals surface area contributed by atoms with Crippen LogP contribution in [-0.2, 0) is 14.3 Å². The van der Waals surface area contributed by atoms with Gasteiger partial charge in [-0.2, -0.15) is 13.2 Å². The highest BCUT2D eigenvalue weighted by Gasteiger charge is 2.38. The van der Waals surface area contributed by atoms with Crippen LogP contribution in [0, 0.1) is 12.8 Å².